The first kappa shape index (κ1) is 19.1. The van der Waals surface area contributed by atoms with Gasteiger partial charge in [0.1, 0.15) is 5.75 Å². The van der Waals surface area contributed by atoms with Gasteiger partial charge in [-0.1, -0.05) is 35.4 Å². The second-order valence-electron chi connectivity index (χ2n) is 8.67. The molecule has 0 N–H and O–H groups in total. The van der Waals surface area contributed by atoms with E-state index in [1.54, 1.807) is 30.3 Å². The van der Waals surface area contributed by atoms with Gasteiger partial charge in [0, 0.05) is 5.02 Å². The Morgan fingerprint density at radius 2 is 1.52 bits per heavy atom. The lowest BCUT2D eigenvalue weighted by Gasteiger charge is -2.37. The molecular weight excluding hydrogens is 437 g/mol. The number of esters is 1. The number of hydrogen-bond acceptors (Lipinski definition) is 4. The van der Waals surface area contributed by atoms with E-state index in [1.165, 1.54) is 17.0 Å². The first-order valence-electron chi connectivity index (χ1n) is 10.3. The van der Waals surface area contributed by atoms with Gasteiger partial charge < -0.3 is 4.74 Å². The Kier molecular flexibility index (Phi) is 4.11. The molecule has 2 amide bonds. The lowest BCUT2D eigenvalue weighted by molar-refractivity contribution is -0.124. The Bertz CT molecular complexity index is 1140. The van der Waals surface area contributed by atoms with Crippen molar-refractivity contribution in [2.24, 2.45) is 35.5 Å². The molecule has 31 heavy (non-hydrogen) atoms. The van der Waals surface area contributed by atoms with Gasteiger partial charge in [-0.15, -0.1) is 0 Å². The van der Waals surface area contributed by atoms with Crippen molar-refractivity contribution in [1.82, 2.24) is 0 Å². The molecule has 156 valence electrons. The van der Waals surface area contributed by atoms with Crippen LogP contribution in [0.25, 0.3) is 0 Å². The fraction of sp³-hybridized carbons (Fsp3) is 0.292. The Hall–Kier alpha value is -2.63. The maximum absolute atomic E-state index is 13.2. The molecule has 6 atom stereocenters. The van der Waals surface area contributed by atoms with E-state index >= 15 is 0 Å². The quantitative estimate of drug-likeness (QED) is 0.290. The number of nitrogens with zero attached hydrogens (tertiary/aromatic N) is 1. The predicted molar refractivity (Wildman–Crippen MR) is 115 cm³/mol. The molecule has 0 radical (unpaired) electrons. The zero-order valence-electron chi connectivity index (χ0n) is 16.2. The van der Waals surface area contributed by atoms with Crippen molar-refractivity contribution in [1.29, 1.82) is 0 Å². The number of carbonyl (C=O) groups is 3. The minimum Gasteiger partial charge on any atom is -0.423 e. The van der Waals surface area contributed by atoms with Gasteiger partial charge in [0.15, 0.2) is 0 Å². The van der Waals surface area contributed by atoms with E-state index in [2.05, 4.69) is 12.2 Å². The van der Waals surface area contributed by atoms with Gasteiger partial charge in [0.2, 0.25) is 11.8 Å². The van der Waals surface area contributed by atoms with Crippen molar-refractivity contribution in [3.05, 3.63) is 70.2 Å². The van der Waals surface area contributed by atoms with Gasteiger partial charge in [0.05, 0.1) is 28.1 Å². The molecule has 0 aromatic heterocycles. The third kappa shape index (κ3) is 2.80. The summed E-state index contributed by atoms with van der Waals surface area (Å²) < 4.78 is 5.39. The number of anilines is 1. The molecule has 0 unspecified atom stereocenters. The number of ether oxygens (including phenoxy) is 1. The molecule has 2 bridgehead atoms. The van der Waals surface area contributed by atoms with Gasteiger partial charge >= 0.3 is 5.97 Å². The summed E-state index contributed by atoms with van der Waals surface area (Å²) in [4.78, 5) is 40.1. The molecule has 5 nitrogen and oxygen atoms in total. The predicted octanol–water partition coefficient (Wildman–Crippen LogP) is 4.77. The van der Waals surface area contributed by atoms with Crippen LogP contribution in [-0.4, -0.2) is 17.8 Å². The number of hydrogen-bond donors (Lipinski definition) is 0. The summed E-state index contributed by atoms with van der Waals surface area (Å²) in [5, 5.41) is 0.624. The highest BCUT2D eigenvalue weighted by molar-refractivity contribution is 6.36. The average molecular weight is 454 g/mol. The molecule has 2 saturated carbocycles. The summed E-state index contributed by atoms with van der Waals surface area (Å²) >= 11 is 11.9. The molecule has 3 fully saturated rings. The highest BCUT2D eigenvalue weighted by atomic mass is 35.5. The number of allylic oxidation sites excluding steroid dienone is 2. The third-order valence-corrected chi connectivity index (χ3v) is 7.67. The van der Waals surface area contributed by atoms with Crippen LogP contribution < -0.4 is 9.64 Å². The molecule has 7 heteroatoms. The second kappa shape index (κ2) is 6.68. The molecule has 7 rings (SSSR count). The largest absolute Gasteiger partial charge is 0.423 e. The fourth-order valence-electron chi connectivity index (χ4n) is 5.69. The summed E-state index contributed by atoms with van der Waals surface area (Å²) in [6, 6.07) is 10.9. The molecule has 4 aliphatic carbocycles. The van der Waals surface area contributed by atoms with Crippen LogP contribution in [0.5, 0.6) is 5.75 Å². The molecule has 5 aliphatic rings. The summed E-state index contributed by atoms with van der Waals surface area (Å²) in [6.45, 7) is 0. The monoisotopic (exact) mass is 453 g/mol. The van der Waals surface area contributed by atoms with E-state index in [1.807, 2.05) is 0 Å². The number of benzene rings is 2. The molecule has 1 aliphatic heterocycles. The summed E-state index contributed by atoms with van der Waals surface area (Å²) in [7, 11) is 0. The minimum atomic E-state index is -0.615. The summed E-state index contributed by atoms with van der Waals surface area (Å²) in [5.41, 5.74) is 0.701. The van der Waals surface area contributed by atoms with Crippen molar-refractivity contribution in [2.45, 2.75) is 6.42 Å². The van der Waals surface area contributed by atoms with Crippen LogP contribution in [-0.2, 0) is 9.59 Å². The van der Waals surface area contributed by atoms with Crippen molar-refractivity contribution in [3.8, 4) is 5.75 Å². The minimum absolute atomic E-state index is 0.114. The van der Waals surface area contributed by atoms with Crippen LogP contribution in [0.3, 0.4) is 0 Å². The van der Waals surface area contributed by atoms with Crippen molar-refractivity contribution in [2.75, 3.05) is 4.90 Å². The van der Waals surface area contributed by atoms with E-state index in [0.29, 0.717) is 28.3 Å². The fourth-order valence-corrected chi connectivity index (χ4v) is 6.18. The Balaban J connectivity index is 1.22. The normalized spacial score (nSPS) is 32.1. The van der Waals surface area contributed by atoms with Crippen LogP contribution in [0.4, 0.5) is 5.69 Å². The van der Waals surface area contributed by atoms with Gasteiger partial charge in [-0.25, -0.2) is 4.79 Å². The topological polar surface area (TPSA) is 63.7 Å². The molecule has 1 heterocycles. The van der Waals surface area contributed by atoms with E-state index < -0.39 is 5.97 Å². The number of amides is 2. The maximum atomic E-state index is 13.2. The van der Waals surface area contributed by atoms with Gasteiger partial charge in [0.25, 0.3) is 0 Å². The zero-order valence-corrected chi connectivity index (χ0v) is 17.7. The van der Waals surface area contributed by atoms with E-state index in [4.69, 9.17) is 27.9 Å². The molecule has 2 aromatic carbocycles. The average Bonchev–Trinajstić information content (AvgIpc) is 3.52. The first-order chi connectivity index (χ1) is 14.9. The first-order valence-corrected chi connectivity index (χ1v) is 11.0. The lowest BCUT2D eigenvalue weighted by atomic mass is 9.63. The molecule has 1 saturated heterocycles. The number of rotatable bonds is 3. The smallest absolute Gasteiger partial charge is 0.345 e. The van der Waals surface area contributed by atoms with Gasteiger partial charge in [-0.2, -0.15) is 0 Å². The zero-order chi connectivity index (χ0) is 21.4. The van der Waals surface area contributed by atoms with E-state index in [0.717, 1.165) is 6.42 Å². The maximum Gasteiger partial charge on any atom is 0.345 e. The highest BCUT2D eigenvalue weighted by Crippen LogP contribution is 2.65. The second-order valence-corrected chi connectivity index (χ2v) is 9.52. The molecule has 2 aromatic rings. The number of halogens is 2. The van der Waals surface area contributed by atoms with Gasteiger partial charge in [-0.3, -0.25) is 14.5 Å². The van der Waals surface area contributed by atoms with Gasteiger partial charge in [-0.05, 0) is 72.6 Å². The van der Waals surface area contributed by atoms with Crippen molar-refractivity contribution in [3.63, 3.8) is 0 Å². The Morgan fingerprint density at radius 1 is 0.903 bits per heavy atom. The van der Waals surface area contributed by atoms with Crippen LogP contribution >= 0.6 is 23.2 Å². The number of carbonyl (C=O) groups excluding carboxylic acids is 3. The highest BCUT2D eigenvalue weighted by Gasteiger charge is 2.67. The standard InChI is InChI=1S/C24H17Cl2NO4/c25-11-1-6-16(19(26)9-11)24(30)31-13-4-2-12(3-5-13)27-22(28)20-14-7-8-15(18-10-17(14)18)21(20)23(27)29/h1-9,14-15,17-18,20-21H,10H2/t14-,15-,17-,18+,20-,21+/m0/s1. The number of imide groups is 1. The molecule has 0 spiro atoms. The Morgan fingerprint density at radius 3 is 2.10 bits per heavy atom. The molecular formula is C24H17Cl2NO4. The van der Waals surface area contributed by atoms with Crippen LogP contribution in [0.2, 0.25) is 10.0 Å². The van der Waals surface area contributed by atoms with Crippen LogP contribution in [0.1, 0.15) is 16.8 Å². The van der Waals surface area contributed by atoms with Crippen molar-refractivity contribution >= 4 is 46.7 Å². The summed E-state index contributed by atoms with van der Waals surface area (Å²) in [5.74, 6) is 0.469. The SMILES string of the molecule is O=C(Oc1ccc(N2C(=O)[C@@H]3[C@H]4C=C[C@@H]([C@@H]5C[C@H]45)[C@@H]3C2=O)cc1)c1ccc(Cl)cc1Cl. The lowest BCUT2D eigenvalue weighted by Crippen LogP contribution is -2.40. The Labute approximate surface area is 188 Å². The summed E-state index contributed by atoms with van der Waals surface area (Å²) in [6.07, 6.45) is 5.44. The third-order valence-electron chi connectivity index (χ3n) is 7.12. The van der Waals surface area contributed by atoms with Crippen LogP contribution in [0, 0.1) is 35.5 Å². The van der Waals surface area contributed by atoms with Crippen LogP contribution in [0.15, 0.2) is 54.6 Å². The van der Waals surface area contributed by atoms with E-state index in [9.17, 15) is 14.4 Å². The van der Waals surface area contributed by atoms with E-state index in [-0.39, 0.29) is 46.1 Å². The van der Waals surface area contributed by atoms with Crippen molar-refractivity contribution < 1.29 is 19.1 Å².